The number of fused-ring (bicyclic) bond motifs is 1. The highest BCUT2D eigenvalue weighted by Crippen LogP contribution is 2.40. The molecular weight excluding hydrogens is 436 g/mol. The molecule has 2 atom stereocenters. The molecule has 2 unspecified atom stereocenters. The Balaban J connectivity index is 1.67. The van der Waals surface area contributed by atoms with E-state index >= 15 is 0 Å². The van der Waals surface area contributed by atoms with Gasteiger partial charge in [0.1, 0.15) is 11.9 Å². The van der Waals surface area contributed by atoms with E-state index in [9.17, 15) is 9.90 Å². The topological polar surface area (TPSA) is 100 Å². The number of benzene rings is 1. The largest absolute Gasteiger partial charge is 0.507 e. The Labute approximate surface area is 200 Å². The zero-order valence-corrected chi connectivity index (χ0v) is 19.7. The van der Waals surface area contributed by atoms with Gasteiger partial charge in [-0.15, -0.1) is 0 Å². The third-order valence-electron chi connectivity index (χ3n) is 6.61. The maximum atomic E-state index is 13.1. The minimum Gasteiger partial charge on any atom is -0.507 e. The third-order valence-corrected chi connectivity index (χ3v) is 6.70. The molecule has 176 valence electrons. The highest BCUT2D eigenvalue weighted by Gasteiger charge is 2.39. The van der Waals surface area contributed by atoms with Gasteiger partial charge in [0, 0.05) is 30.2 Å². The third kappa shape index (κ3) is 5.81. The molecule has 33 heavy (non-hydrogen) atoms. The summed E-state index contributed by atoms with van der Waals surface area (Å²) in [6, 6.07) is 9.75. The molecule has 0 saturated carbocycles. The molecule has 0 amide bonds. The van der Waals surface area contributed by atoms with Crippen molar-refractivity contribution < 1.29 is 14.6 Å². The number of rotatable bonds is 8. The van der Waals surface area contributed by atoms with Crippen LogP contribution >= 0.6 is 12.2 Å². The van der Waals surface area contributed by atoms with Crippen molar-refractivity contribution in [2.24, 2.45) is 10.8 Å². The predicted molar refractivity (Wildman–Crippen MR) is 133 cm³/mol. The fourth-order valence-corrected chi connectivity index (χ4v) is 4.96. The van der Waals surface area contributed by atoms with E-state index in [0.29, 0.717) is 18.4 Å². The smallest absolute Gasteiger partial charge is 0.339 e. The van der Waals surface area contributed by atoms with E-state index in [1.54, 1.807) is 0 Å². The molecule has 1 aliphatic carbocycles. The number of thiocarbonyl (C=S) groups is 1. The highest BCUT2D eigenvalue weighted by atomic mass is 32.1. The molecule has 0 radical (unpaired) electrons. The summed E-state index contributed by atoms with van der Waals surface area (Å²) in [4.78, 5) is 15.5. The Kier molecular flexibility index (Phi) is 7.77. The summed E-state index contributed by atoms with van der Waals surface area (Å²) in [6.45, 7) is 3.06. The zero-order valence-electron chi connectivity index (χ0n) is 18.8. The van der Waals surface area contributed by atoms with Gasteiger partial charge in [-0.05, 0) is 69.4 Å². The Morgan fingerprint density at radius 1 is 1.27 bits per heavy atom. The zero-order chi connectivity index (χ0) is 23.2. The van der Waals surface area contributed by atoms with Crippen LogP contribution < -0.4 is 11.2 Å². The molecule has 2 aliphatic heterocycles. The molecule has 4 rings (SSSR count). The number of esters is 1. The molecule has 0 aromatic heterocycles. The van der Waals surface area contributed by atoms with Crippen LogP contribution in [0.4, 0.5) is 0 Å². The van der Waals surface area contributed by atoms with Gasteiger partial charge >= 0.3 is 5.97 Å². The molecule has 1 saturated heterocycles. The van der Waals surface area contributed by atoms with Gasteiger partial charge in [0.05, 0.1) is 5.57 Å². The summed E-state index contributed by atoms with van der Waals surface area (Å²) in [5.41, 5.74) is 11.2. The molecule has 3 aliphatic rings. The number of nitrogens with zero attached hydrogens (tertiary/aromatic N) is 2. The molecule has 7 nitrogen and oxygen atoms in total. The van der Waals surface area contributed by atoms with E-state index in [4.69, 9.17) is 22.7 Å². The number of carbonyl (C=O) groups excluding carboxylic acids is 1. The van der Waals surface area contributed by atoms with Crippen molar-refractivity contribution in [3.05, 3.63) is 58.9 Å². The molecule has 1 fully saturated rings. The second kappa shape index (κ2) is 10.9. The number of aliphatic hydroxyl groups excluding tert-OH is 1. The van der Waals surface area contributed by atoms with Crippen molar-refractivity contribution in [1.82, 2.24) is 10.3 Å². The number of allylic oxidation sites excluding steroid dienone is 1. The highest BCUT2D eigenvalue weighted by molar-refractivity contribution is 7.80. The van der Waals surface area contributed by atoms with Crippen LogP contribution in [0.15, 0.2) is 58.4 Å². The molecule has 2 heterocycles. The van der Waals surface area contributed by atoms with E-state index in [2.05, 4.69) is 15.4 Å². The lowest BCUT2D eigenvalue weighted by Gasteiger charge is -2.32. The number of hydrogen-bond donors (Lipinski definition) is 3. The quantitative estimate of drug-likeness (QED) is 0.232. The minimum atomic E-state index is -0.452. The minimum absolute atomic E-state index is 0.0611. The fraction of sp³-hybridized carbons (Fsp3) is 0.480. The van der Waals surface area contributed by atoms with E-state index in [-0.39, 0.29) is 17.0 Å². The fourth-order valence-electron chi connectivity index (χ4n) is 4.91. The lowest BCUT2D eigenvalue weighted by Crippen LogP contribution is -2.34. The van der Waals surface area contributed by atoms with E-state index in [1.165, 1.54) is 12.8 Å². The van der Waals surface area contributed by atoms with Crippen molar-refractivity contribution in [2.75, 3.05) is 19.6 Å². The second-order valence-corrected chi connectivity index (χ2v) is 9.31. The van der Waals surface area contributed by atoms with E-state index < -0.39 is 11.9 Å². The van der Waals surface area contributed by atoms with Crippen LogP contribution in [0.3, 0.4) is 0 Å². The van der Waals surface area contributed by atoms with Gasteiger partial charge in [-0.2, -0.15) is 5.10 Å². The van der Waals surface area contributed by atoms with Crippen molar-refractivity contribution in [2.45, 2.75) is 57.0 Å². The number of ether oxygens (including phenoxy) is 1. The normalized spacial score (nSPS) is 22.4. The Bertz CT molecular complexity index is 967. The van der Waals surface area contributed by atoms with Crippen LogP contribution in [0.25, 0.3) is 0 Å². The van der Waals surface area contributed by atoms with Crippen LogP contribution in [0.1, 0.15) is 56.4 Å². The molecule has 8 heteroatoms. The predicted octanol–water partition coefficient (Wildman–Crippen LogP) is 3.68. The summed E-state index contributed by atoms with van der Waals surface area (Å²) in [6.07, 6.45) is 7.79. The first-order chi connectivity index (χ1) is 16.0. The van der Waals surface area contributed by atoms with Crippen molar-refractivity contribution in [1.29, 1.82) is 0 Å². The second-order valence-electron chi connectivity index (χ2n) is 8.87. The summed E-state index contributed by atoms with van der Waals surface area (Å²) in [5.74, 6) is -0.787. The standard InChI is InChI=1S/C25H32N4O3S/c26-25(33)28-27-18(12-15-29-13-6-7-14-29)16-20(17-8-2-1-3-9-17)22-23(30)19-10-4-5-11-21(19)32-24(22)31/h1-3,8-10,20-21,30H,4-7,11-16H2,(H3,26,28,33). The number of nitrogens with two attached hydrogens (primary N) is 1. The van der Waals surface area contributed by atoms with Gasteiger partial charge in [0.25, 0.3) is 0 Å². The monoisotopic (exact) mass is 468 g/mol. The van der Waals surface area contributed by atoms with Crippen LogP contribution in [-0.2, 0) is 9.53 Å². The summed E-state index contributed by atoms with van der Waals surface area (Å²) in [7, 11) is 0. The van der Waals surface area contributed by atoms with Gasteiger partial charge in [-0.3, -0.25) is 5.43 Å². The summed E-state index contributed by atoms with van der Waals surface area (Å²) in [5, 5.41) is 15.8. The number of likely N-dealkylation sites (tertiary alicyclic amines) is 1. The van der Waals surface area contributed by atoms with Crippen molar-refractivity contribution in [3.63, 3.8) is 0 Å². The van der Waals surface area contributed by atoms with Gasteiger partial charge < -0.3 is 20.5 Å². The first-order valence-corrected chi connectivity index (χ1v) is 12.2. The van der Waals surface area contributed by atoms with Crippen LogP contribution in [0, 0.1) is 0 Å². The molecular formula is C25H32N4O3S. The number of nitrogens with one attached hydrogen (secondary N) is 1. The Hall–Kier alpha value is -2.71. The van der Waals surface area contributed by atoms with Crippen LogP contribution in [0.2, 0.25) is 0 Å². The maximum Gasteiger partial charge on any atom is 0.339 e. The Morgan fingerprint density at radius 2 is 2.03 bits per heavy atom. The molecule has 1 aromatic carbocycles. The average Bonchev–Trinajstić information content (AvgIpc) is 3.34. The number of hydrogen-bond acceptors (Lipinski definition) is 6. The lowest BCUT2D eigenvalue weighted by molar-refractivity contribution is -0.145. The summed E-state index contributed by atoms with van der Waals surface area (Å²) >= 11 is 4.96. The van der Waals surface area contributed by atoms with Gasteiger partial charge in [0.2, 0.25) is 0 Å². The number of hydrazone groups is 1. The maximum absolute atomic E-state index is 13.1. The first kappa shape index (κ1) is 23.4. The first-order valence-electron chi connectivity index (χ1n) is 11.8. The molecule has 0 bridgehead atoms. The van der Waals surface area contributed by atoms with E-state index in [1.807, 2.05) is 36.4 Å². The van der Waals surface area contributed by atoms with Gasteiger partial charge in [0.15, 0.2) is 5.11 Å². The van der Waals surface area contributed by atoms with Crippen molar-refractivity contribution in [3.8, 4) is 0 Å². The van der Waals surface area contributed by atoms with Crippen LogP contribution in [-0.4, -0.2) is 52.5 Å². The molecule has 4 N–H and O–H groups in total. The number of carbonyl (C=O) groups is 1. The molecule has 1 aromatic rings. The lowest BCUT2D eigenvalue weighted by atomic mass is 9.81. The number of aliphatic hydroxyl groups is 1. The Morgan fingerprint density at radius 3 is 2.76 bits per heavy atom. The van der Waals surface area contributed by atoms with E-state index in [0.717, 1.165) is 55.7 Å². The molecule has 0 spiro atoms. The van der Waals surface area contributed by atoms with Gasteiger partial charge in [-0.25, -0.2) is 4.79 Å². The van der Waals surface area contributed by atoms with Crippen LogP contribution in [0.5, 0.6) is 0 Å². The average molecular weight is 469 g/mol. The SMILES string of the molecule is NC(=S)NN=C(CCN1CCCC1)CC(C1=C(O)C2=CCCCC2OC1=O)c1ccccc1. The van der Waals surface area contributed by atoms with Gasteiger partial charge in [-0.1, -0.05) is 36.4 Å². The summed E-state index contributed by atoms with van der Waals surface area (Å²) < 4.78 is 5.77. The van der Waals surface area contributed by atoms with Crippen molar-refractivity contribution >= 4 is 29.0 Å².